The van der Waals surface area contributed by atoms with E-state index in [0.717, 1.165) is 54.6 Å². The Morgan fingerprint density at radius 2 is 1.23 bits per heavy atom. The third-order valence-corrected chi connectivity index (χ3v) is 8.55. The summed E-state index contributed by atoms with van der Waals surface area (Å²) in [7, 11) is 0. The fourth-order valence-electron chi connectivity index (χ4n) is 5.46. The summed E-state index contributed by atoms with van der Waals surface area (Å²) in [6.45, 7) is 11.0. The van der Waals surface area contributed by atoms with E-state index < -0.39 is 11.7 Å². The second kappa shape index (κ2) is 11.1. The summed E-state index contributed by atoms with van der Waals surface area (Å²) in [5, 5.41) is 0. The maximum atomic E-state index is 13.4. The van der Waals surface area contributed by atoms with Crippen LogP contribution in [0.4, 0.5) is 24.5 Å². The number of benzene rings is 2. The number of rotatable bonds is 8. The molecule has 2 aromatic rings. The van der Waals surface area contributed by atoms with Crippen LogP contribution in [0.2, 0.25) is 0 Å². The molecule has 0 aliphatic carbocycles. The molecule has 0 atom stereocenters. The molecule has 0 bridgehead atoms. The Morgan fingerprint density at radius 1 is 0.657 bits per heavy atom. The van der Waals surface area contributed by atoms with Gasteiger partial charge in [0.05, 0.1) is 16.9 Å². The zero-order valence-electron chi connectivity index (χ0n) is 20.3. The highest BCUT2D eigenvalue weighted by Crippen LogP contribution is 2.49. The lowest BCUT2D eigenvalue weighted by molar-refractivity contribution is -0.137. The number of piperazine rings is 1. The molecule has 5 rings (SSSR count). The van der Waals surface area contributed by atoms with Crippen LogP contribution >= 0.6 is 11.8 Å². The second-order valence-corrected chi connectivity index (χ2v) is 10.9. The van der Waals surface area contributed by atoms with Crippen molar-refractivity contribution in [3.05, 3.63) is 48.0 Å². The summed E-state index contributed by atoms with van der Waals surface area (Å²) < 4.78 is 40.3. The Labute approximate surface area is 211 Å². The van der Waals surface area contributed by atoms with Gasteiger partial charge >= 0.3 is 6.18 Å². The SMILES string of the molecule is FC(F)(F)c1ccc2c(c1)N(CCCN1CCN(CCCN3CCCC3)CC1)c1ccccc1S2. The normalized spacial score (nSPS) is 19.7. The molecule has 0 radical (unpaired) electrons. The topological polar surface area (TPSA) is 13.0 Å². The predicted octanol–water partition coefficient (Wildman–Crippen LogP) is 5.80. The zero-order chi connectivity index (χ0) is 24.3. The number of para-hydroxylation sites is 1. The fraction of sp³-hybridized carbons (Fsp3) is 0.556. The van der Waals surface area contributed by atoms with E-state index in [1.54, 1.807) is 17.8 Å². The van der Waals surface area contributed by atoms with Crippen molar-refractivity contribution in [2.24, 2.45) is 0 Å². The number of likely N-dealkylation sites (tertiary alicyclic amines) is 1. The van der Waals surface area contributed by atoms with Gasteiger partial charge in [-0.25, -0.2) is 0 Å². The lowest BCUT2D eigenvalue weighted by Crippen LogP contribution is -2.47. The van der Waals surface area contributed by atoms with Crippen LogP contribution in [0.3, 0.4) is 0 Å². The van der Waals surface area contributed by atoms with Crippen LogP contribution in [0.15, 0.2) is 52.3 Å². The molecule has 3 heterocycles. The van der Waals surface area contributed by atoms with E-state index in [-0.39, 0.29) is 0 Å². The largest absolute Gasteiger partial charge is 0.416 e. The Balaban J connectivity index is 1.14. The zero-order valence-corrected chi connectivity index (χ0v) is 21.1. The molecule has 3 aliphatic rings. The van der Waals surface area contributed by atoms with Gasteiger partial charge in [-0.3, -0.25) is 0 Å². The lowest BCUT2D eigenvalue weighted by Gasteiger charge is -2.36. The third kappa shape index (κ3) is 6.16. The summed E-state index contributed by atoms with van der Waals surface area (Å²) in [5.74, 6) is 0. The van der Waals surface area contributed by atoms with Crippen LogP contribution in [-0.4, -0.2) is 80.1 Å². The minimum absolute atomic E-state index is 0.581. The number of halogens is 3. The van der Waals surface area contributed by atoms with Crippen molar-refractivity contribution in [1.82, 2.24) is 14.7 Å². The highest BCUT2D eigenvalue weighted by molar-refractivity contribution is 7.99. The average Bonchev–Trinajstić information content (AvgIpc) is 3.37. The molecule has 8 heteroatoms. The predicted molar refractivity (Wildman–Crippen MR) is 137 cm³/mol. The van der Waals surface area contributed by atoms with Gasteiger partial charge in [-0.05, 0) is 88.7 Å². The first-order valence-corrected chi connectivity index (χ1v) is 13.7. The Bertz CT molecular complexity index is 985. The molecule has 0 spiro atoms. The van der Waals surface area contributed by atoms with Crippen molar-refractivity contribution in [1.29, 1.82) is 0 Å². The van der Waals surface area contributed by atoms with E-state index in [0.29, 0.717) is 12.2 Å². The monoisotopic (exact) mass is 504 g/mol. The van der Waals surface area contributed by atoms with Gasteiger partial charge in [-0.1, -0.05) is 23.9 Å². The second-order valence-electron chi connectivity index (χ2n) is 9.84. The smallest absolute Gasteiger partial charge is 0.340 e. The van der Waals surface area contributed by atoms with Crippen LogP contribution in [0.5, 0.6) is 0 Å². The van der Waals surface area contributed by atoms with Gasteiger partial charge in [0, 0.05) is 42.5 Å². The van der Waals surface area contributed by atoms with E-state index in [1.807, 2.05) is 18.2 Å². The third-order valence-electron chi connectivity index (χ3n) is 7.42. The van der Waals surface area contributed by atoms with Gasteiger partial charge < -0.3 is 19.6 Å². The number of fused-ring (bicyclic) bond motifs is 2. The van der Waals surface area contributed by atoms with Gasteiger partial charge in [0.15, 0.2) is 0 Å². The summed E-state index contributed by atoms with van der Waals surface area (Å²) in [6.07, 6.45) is 0.553. The number of hydrogen-bond donors (Lipinski definition) is 0. The standard InChI is InChI=1S/C27H35F3N4S/c28-27(29,30)22-9-10-26-24(21-22)34(23-7-1-2-8-25(23)35-26)16-6-15-33-19-17-32(18-20-33)14-5-13-31-11-3-4-12-31/h1-2,7-10,21H,3-6,11-20H2. The highest BCUT2D eigenvalue weighted by atomic mass is 32.2. The van der Waals surface area contributed by atoms with Gasteiger partial charge in [0.25, 0.3) is 0 Å². The van der Waals surface area contributed by atoms with Crippen LogP contribution < -0.4 is 4.90 Å². The summed E-state index contributed by atoms with van der Waals surface area (Å²) in [5.41, 5.74) is 1.10. The number of alkyl halides is 3. The van der Waals surface area contributed by atoms with E-state index in [1.165, 1.54) is 57.6 Å². The minimum Gasteiger partial charge on any atom is -0.340 e. The van der Waals surface area contributed by atoms with Crippen molar-refractivity contribution in [2.75, 3.05) is 70.3 Å². The van der Waals surface area contributed by atoms with Crippen molar-refractivity contribution in [3.63, 3.8) is 0 Å². The molecule has 190 valence electrons. The molecular weight excluding hydrogens is 469 g/mol. The van der Waals surface area contributed by atoms with E-state index in [4.69, 9.17) is 0 Å². The molecule has 2 fully saturated rings. The van der Waals surface area contributed by atoms with Crippen LogP contribution in [0, 0.1) is 0 Å². The van der Waals surface area contributed by atoms with Crippen molar-refractivity contribution >= 4 is 23.1 Å². The van der Waals surface area contributed by atoms with E-state index >= 15 is 0 Å². The maximum Gasteiger partial charge on any atom is 0.416 e. The number of anilines is 2. The van der Waals surface area contributed by atoms with Crippen LogP contribution in [-0.2, 0) is 6.18 Å². The molecule has 0 aromatic heterocycles. The molecular formula is C27H35F3N4S. The molecule has 0 amide bonds. The molecule has 0 N–H and O–H groups in total. The maximum absolute atomic E-state index is 13.4. The van der Waals surface area contributed by atoms with E-state index in [2.05, 4.69) is 25.7 Å². The summed E-state index contributed by atoms with van der Waals surface area (Å²) >= 11 is 1.55. The molecule has 0 unspecified atom stereocenters. The first-order chi connectivity index (χ1) is 17.0. The first kappa shape index (κ1) is 24.9. The molecule has 4 nitrogen and oxygen atoms in total. The molecule has 35 heavy (non-hydrogen) atoms. The lowest BCUT2D eigenvalue weighted by atomic mass is 10.1. The Hall–Kier alpha value is -1.74. The van der Waals surface area contributed by atoms with Gasteiger partial charge in [0.1, 0.15) is 0 Å². The van der Waals surface area contributed by atoms with Crippen molar-refractivity contribution in [2.45, 2.75) is 41.7 Å². The van der Waals surface area contributed by atoms with Crippen molar-refractivity contribution < 1.29 is 13.2 Å². The Kier molecular flexibility index (Phi) is 7.92. The first-order valence-electron chi connectivity index (χ1n) is 12.9. The van der Waals surface area contributed by atoms with Crippen LogP contribution in [0.25, 0.3) is 0 Å². The average molecular weight is 505 g/mol. The number of nitrogens with zero attached hydrogens (tertiary/aromatic N) is 4. The Morgan fingerprint density at radius 3 is 1.89 bits per heavy atom. The molecule has 2 aromatic carbocycles. The highest BCUT2D eigenvalue weighted by Gasteiger charge is 2.33. The number of hydrogen-bond acceptors (Lipinski definition) is 5. The van der Waals surface area contributed by atoms with E-state index in [9.17, 15) is 13.2 Å². The summed E-state index contributed by atoms with van der Waals surface area (Å²) in [4.78, 5) is 11.8. The van der Waals surface area contributed by atoms with Gasteiger partial charge in [-0.2, -0.15) is 13.2 Å². The summed E-state index contributed by atoms with van der Waals surface area (Å²) in [6, 6.07) is 12.2. The quantitative estimate of drug-likeness (QED) is 0.449. The molecule has 2 saturated heterocycles. The molecule has 0 saturated carbocycles. The minimum atomic E-state index is -4.34. The van der Waals surface area contributed by atoms with Crippen molar-refractivity contribution in [3.8, 4) is 0 Å². The fourth-order valence-corrected chi connectivity index (χ4v) is 6.54. The molecule has 3 aliphatic heterocycles. The van der Waals surface area contributed by atoms with Gasteiger partial charge in [-0.15, -0.1) is 0 Å². The van der Waals surface area contributed by atoms with Crippen LogP contribution in [0.1, 0.15) is 31.2 Å². The van der Waals surface area contributed by atoms with Gasteiger partial charge in [0.2, 0.25) is 0 Å².